The second kappa shape index (κ2) is 7.98. The van der Waals surface area contributed by atoms with Gasteiger partial charge >= 0.3 is 0 Å². The van der Waals surface area contributed by atoms with Crippen LogP contribution in [0.25, 0.3) is 0 Å². The second-order valence-electron chi connectivity index (χ2n) is 4.83. The van der Waals surface area contributed by atoms with Crippen LogP contribution in [0.3, 0.4) is 0 Å². The molecule has 0 aliphatic carbocycles. The standard InChI is InChI=1S/C12H24ClNO/c1-9(2)5-6-12(15)14-11(7-8-13)10(3)4/h9-11H,5-8H2,1-4H3,(H,14,15). The van der Waals surface area contributed by atoms with Crippen molar-refractivity contribution in [1.82, 2.24) is 5.32 Å². The first-order chi connectivity index (χ1) is 6.97. The Morgan fingerprint density at radius 3 is 2.20 bits per heavy atom. The van der Waals surface area contributed by atoms with Gasteiger partial charge in [0.05, 0.1) is 0 Å². The summed E-state index contributed by atoms with van der Waals surface area (Å²) in [5, 5.41) is 3.05. The van der Waals surface area contributed by atoms with Crippen molar-refractivity contribution in [3.05, 3.63) is 0 Å². The summed E-state index contributed by atoms with van der Waals surface area (Å²) in [6, 6.07) is 0.224. The van der Waals surface area contributed by atoms with Crippen molar-refractivity contribution in [3.63, 3.8) is 0 Å². The molecular formula is C12H24ClNO. The van der Waals surface area contributed by atoms with Crippen molar-refractivity contribution in [1.29, 1.82) is 0 Å². The Morgan fingerprint density at radius 2 is 1.80 bits per heavy atom. The molecule has 1 atom stereocenters. The highest BCUT2D eigenvalue weighted by Gasteiger charge is 2.15. The molecular weight excluding hydrogens is 210 g/mol. The lowest BCUT2D eigenvalue weighted by molar-refractivity contribution is -0.122. The zero-order valence-electron chi connectivity index (χ0n) is 10.3. The fourth-order valence-electron chi connectivity index (χ4n) is 1.39. The predicted octanol–water partition coefficient (Wildman–Crippen LogP) is 3.19. The van der Waals surface area contributed by atoms with Gasteiger partial charge in [0.15, 0.2) is 0 Å². The molecule has 0 heterocycles. The zero-order valence-corrected chi connectivity index (χ0v) is 11.1. The van der Waals surface area contributed by atoms with Crippen molar-refractivity contribution >= 4 is 17.5 Å². The van der Waals surface area contributed by atoms with Crippen molar-refractivity contribution in [2.45, 2.75) is 53.0 Å². The Bertz CT molecular complexity index is 180. The van der Waals surface area contributed by atoms with Crippen molar-refractivity contribution in [2.75, 3.05) is 5.88 Å². The number of alkyl halides is 1. The minimum absolute atomic E-state index is 0.160. The maximum Gasteiger partial charge on any atom is 0.220 e. The van der Waals surface area contributed by atoms with Crippen LogP contribution in [0.2, 0.25) is 0 Å². The first-order valence-corrected chi connectivity index (χ1v) is 6.36. The molecule has 0 saturated carbocycles. The van der Waals surface area contributed by atoms with E-state index < -0.39 is 0 Å². The first kappa shape index (κ1) is 14.8. The molecule has 0 aromatic rings. The van der Waals surface area contributed by atoms with E-state index in [2.05, 4.69) is 33.0 Å². The lowest BCUT2D eigenvalue weighted by Gasteiger charge is -2.21. The Morgan fingerprint density at radius 1 is 1.20 bits per heavy atom. The van der Waals surface area contributed by atoms with Gasteiger partial charge in [0, 0.05) is 18.3 Å². The molecule has 0 saturated heterocycles. The van der Waals surface area contributed by atoms with E-state index in [-0.39, 0.29) is 11.9 Å². The Hall–Kier alpha value is -0.240. The monoisotopic (exact) mass is 233 g/mol. The number of hydrogen-bond acceptors (Lipinski definition) is 1. The SMILES string of the molecule is CC(C)CCC(=O)NC(CCCl)C(C)C. The molecule has 0 aromatic heterocycles. The van der Waals surface area contributed by atoms with Gasteiger partial charge in [-0.05, 0) is 24.7 Å². The highest BCUT2D eigenvalue weighted by atomic mass is 35.5. The summed E-state index contributed by atoms with van der Waals surface area (Å²) in [6.07, 6.45) is 2.44. The van der Waals surface area contributed by atoms with Crippen molar-refractivity contribution in [3.8, 4) is 0 Å². The van der Waals surface area contributed by atoms with Gasteiger partial charge < -0.3 is 5.32 Å². The van der Waals surface area contributed by atoms with E-state index in [0.717, 1.165) is 12.8 Å². The second-order valence-corrected chi connectivity index (χ2v) is 5.21. The van der Waals surface area contributed by atoms with Crippen LogP contribution in [0, 0.1) is 11.8 Å². The minimum Gasteiger partial charge on any atom is -0.353 e. The highest BCUT2D eigenvalue weighted by molar-refractivity contribution is 6.17. The van der Waals surface area contributed by atoms with E-state index in [0.29, 0.717) is 24.1 Å². The zero-order chi connectivity index (χ0) is 11.8. The van der Waals surface area contributed by atoms with Crippen LogP contribution in [0.1, 0.15) is 47.0 Å². The Balaban J connectivity index is 3.89. The van der Waals surface area contributed by atoms with Gasteiger partial charge in [-0.25, -0.2) is 0 Å². The van der Waals surface area contributed by atoms with E-state index in [1.54, 1.807) is 0 Å². The molecule has 0 spiro atoms. The third-order valence-corrected chi connectivity index (χ3v) is 2.74. The van der Waals surface area contributed by atoms with Gasteiger partial charge in [-0.3, -0.25) is 4.79 Å². The summed E-state index contributed by atoms with van der Waals surface area (Å²) in [6.45, 7) is 8.48. The third-order valence-electron chi connectivity index (χ3n) is 2.52. The molecule has 2 nitrogen and oxygen atoms in total. The number of carbonyl (C=O) groups excluding carboxylic acids is 1. The lowest BCUT2D eigenvalue weighted by atomic mass is 10.0. The van der Waals surface area contributed by atoms with E-state index in [1.807, 2.05) is 0 Å². The van der Waals surface area contributed by atoms with E-state index in [1.165, 1.54) is 0 Å². The number of carbonyl (C=O) groups is 1. The fraction of sp³-hybridized carbons (Fsp3) is 0.917. The molecule has 90 valence electrons. The highest BCUT2D eigenvalue weighted by Crippen LogP contribution is 2.09. The molecule has 3 heteroatoms. The van der Waals surface area contributed by atoms with Gasteiger partial charge in [-0.1, -0.05) is 27.7 Å². The first-order valence-electron chi connectivity index (χ1n) is 5.82. The molecule has 0 rings (SSSR count). The molecule has 0 bridgehead atoms. The van der Waals surface area contributed by atoms with Crippen LogP contribution >= 0.6 is 11.6 Å². The predicted molar refractivity (Wildman–Crippen MR) is 66.2 cm³/mol. The molecule has 0 fully saturated rings. The summed E-state index contributed by atoms with van der Waals surface area (Å²) >= 11 is 5.70. The average molecular weight is 234 g/mol. The van der Waals surface area contributed by atoms with Gasteiger partial charge in [0.2, 0.25) is 5.91 Å². The summed E-state index contributed by atoms with van der Waals surface area (Å²) in [5.41, 5.74) is 0. The molecule has 0 aliphatic heterocycles. The fourth-order valence-corrected chi connectivity index (χ4v) is 1.62. The molecule has 15 heavy (non-hydrogen) atoms. The van der Waals surface area contributed by atoms with Gasteiger partial charge in [-0.2, -0.15) is 0 Å². The molecule has 0 aliphatic rings. The topological polar surface area (TPSA) is 29.1 Å². The summed E-state index contributed by atoms with van der Waals surface area (Å²) in [5.74, 6) is 1.80. The van der Waals surface area contributed by atoms with Crippen LogP contribution in [0.5, 0.6) is 0 Å². The average Bonchev–Trinajstić information content (AvgIpc) is 2.14. The number of hydrogen-bond donors (Lipinski definition) is 1. The number of halogens is 1. The molecule has 1 unspecified atom stereocenters. The van der Waals surface area contributed by atoms with Crippen LogP contribution in [0.15, 0.2) is 0 Å². The molecule has 1 N–H and O–H groups in total. The van der Waals surface area contributed by atoms with Crippen LogP contribution in [-0.4, -0.2) is 17.8 Å². The van der Waals surface area contributed by atoms with Crippen LogP contribution < -0.4 is 5.32 Å². The Labute approximate surface area is 98.8 Å². The van der Waals surface area contributed by atoms with Crippen LogP contribution in [0.4, 0.5) is 0 Å². The normalized spacial score (nSPS) is 13.3. The molecule has 0 radical (unpaired) electrons. The van der Waals surface area contributed by atoms with Gasteiger partial charge in [0.25, 0.3) is 0 Å². The van der Waals surface area contributed by atoms with Gasteiger partial charge in [-0.15, -0.1) is 11.6 Å². The summed E-state index contributed by atoms with van der Waals surface area (Å²) < 4.78 is 0. The van der Waals surface area contributed by atoms with Crippen LogP contribution in [-0.2, 0) is 4.79 Å². The number of amides is 1. The molecule has 1 amide bonds. The van der Waals surface area contributed by atoms with Gasteiger partial charge in [0.1, 0.15) is 0 Å². The number of nitrogens with one attached hydrogen (secondary N) is 1. The lowest BCUT2D eigenvalue weighted by Crippen LogP contribution is -2.38. The Kier molecular flexibility index (Phi) is 7.85. The van der Waals surface area contributed by atoms with E-state index in [9.17, 15) is 4.79 Å². The smallest absolute Gasteiger partial charge is 0.220 e. The van der Waals surface area contributed by atoms with E-state index >= 15 is 0 Å². The summed E-state index contributed by atoms with van der Waals surface area (Å²) in [7, 11) is 0. The number of rotatable bonds is 7. The summed E-state index contributed by atoms with van der Waals surface area (Å²) in [4.78, 5) is 11.6. The van der Waals surface area contributed by atoms with E-state index in [4.69, 9.17) is 11.6 Å². The maximum atomic E-state index is 11.6. The quantitative estimate of drug-likeness (QED) is 0.673. The van der Waals surface area contributed by atoms with Crippen molar-refractivity contribution in [2.24, 2.45) is 11.8 Å². The third kappa shape index (κ3) is 7.66. The molecule has 0 aromatic carbocycles. The minimum atomic E-state index is 0.160. The maximum absolute atomic E-state index is 11.6. The van der Waals surface area contributed by atoms with Crippen molar-refractivity contribution < 1.29 is 4.79 Å². The largest absolute Gasteiger partial charge is 0.353 e.